The van der Waals surface area contributed by atoms with Crippen molar-refractivity contribution in [3.63, 3.8) is 0 Å². The molecule has 6 nitrogen and oxygen atoms in total. The first-order valence-electron chi connectivity index (χ1n) is 18.7. The third kappa shape index (κ3) is 4.50. The molecule has 0 atom stereocenters. The molecule has 0 spiro atoms. The second kappa shape index (κ2) is 11.9. The van der Waals surface area contributed by atoms with Crippen molar-refractivity contribution in [2.24, 2.45) is 0 Å². The summed E-state index contributed by atoms with van der Waals surface area (Å²) < 4.78 is 8.68. The molecular weight excluding hydrogens is 687 g/mol. The smallest absolute Gasteiger partial charge is 0.164 e. The molecule has 0 saturated heterocycles. The van der Waals surface area contributed by atoms with Crippen molar-refractivity contribution in [3.8, 4) is 39.9 Å². The van der Waals surface area contributed by atoms with E-state index in [-0.39, 0.29) is 0 Å². The summed E-state index contributed by atoms with van der Waals surface area (Å²) in [6, 6.07) is 57.3. The number of pyridine rings is 1. The molecule has 0 unspecified atom stereocenters. The lowest BCUT2D eigenvalue weighted by Crippen LogP contribution is -2.02. The number of fused-ring (bicyclic) bond motifs is 10. The van der Waals surface area contributed by atoms with E-state index in [1.54, 1.807) is 6.20 Å². The highest BCUT2D eigenvalue weighted by atomic mass is 16.3. The molecule has 8 aromatic carbocycles. The van der Waals surface area contributed by atoms with Gasteiger partial charge in [-0.05, 0) is 69.4 Å². The fourth-order valence-electron chi connectivity index (χ4n) is 8.69. The number of para-hydroxylation sites is 2. The van der Waals surface area contributed by atoms with Crippen LogP contribution in [0, 0.1) is 0 Å². The monoisotopic (exact) mass is 715 g/mol. The van der Waals surface area contributed by atoms with Gasteiger partial charge in [-0.2, -0.15) is 0 Å². The van der Waals surface area contributed by atoms with E-state index in [0.717, 1.165) is 82.3 Å². The van der Waals surface area contributed by atoms with Gasteiger partial charge >= 0.3 is 0 Å². The Labute approximate surface area is 320 Å². The first-order valence-corrected chi connectivity index (χ1v) is 18.7. The van der Waals surface area contributed by atoms with E-state index in [4.69, 9.17) is 19.4 Å². The molecule has 4 aromatic heterocycles. The normalized spacial score (nSPS) is 11.9. The number of hydrogen-bond acceptors (Lipinski definition) is 5. The van der Waals surface area contributed by atoms with E-state index in [0.29, 0.717) is 17.5 Å². The van der Waals surface area contributed by atoms with Gasteiger partial charge in [0.25, 0.3) is 0 Å². The van der Waals surface area contributed by atoms with Crippen molar-refractivity contribution in [1.82, 2.24) is 24.5 Å². The van der Waals surface area contributed by atoms with Crippen molar-refractivity contribution in [1.29, 1.82) is 0 Å². The Balaban J connectivity index is 1.16. The molecule has 0 fully saturated rings. The molecule has 0 radical (unpaired) electrons. The molecule has 12 rings (SSSR count). The Morgan fingerprint density at radius 1 is 0.393 bits per heavy atom. The molecule has 0 saturated carbocycles. The van der Waals surface area contributed by atoms with Gasteiger partial charge in [0, 0.05) is 56.0 Å². The highest BCUT2D eigenvalue weighted by Gasteiger charge is 2.22. The maximum absolute atomic E-state index is 6.30. The maximum atomic E-state index is 6.30. The van der Waals surface area contributed by atoms with Crippen LogP contribution in [0.4, 0.5) is 0 Å². The van der Waals surface area contributed by atoms with E-state index >= 15 is 0 Å². The van der Waals surface area contributed by atoms with Crippen LogP contribution in [0.2, 0.25) is 0 Å². The highest BCUT2D eigenvalue weighted by molar-refractivity contribution is 6.15. The van der Waals surface area contributed by atoms with Crippen LogP contribution in [0.3, 0.4) is 0 Å². The summed E-state index contributed by atoms with van der Waals surface area (Å²) in [6.07, 6.45) is 3.61. The van der Waals surface area contributed by atoms with Gasteiger partial charge in [0.2, 0.25) is 0 Å². The molecule has 0 aliphatic heterocycles. The number of furan rings is 1. The van der Waals surface area contributed by atoms with Gasteiger partial charge in [-0.25, -0.2) is 15.0 Å². The topological polar surface area (TPSA) is 69.6 Å². The van der Waals surface area contributed by atoms with E-state index in [1.807, 2.05) is 24.4 Å². The Morgan fingerprint density at radius 2 is 0.982 bits per heavy atom. The van der Waals surface area contributed by atoms with Gasteiger partial charge in [-0.1, -0.05) is 121 Å². The fraction of sp³-hybridized carbons (Fsp3) is 0. The Morgan fingerprint density at radius 3 is 1.73 bits per heavy atom. The molecule has 0 bridgehead atoms. The zero-order valence-electron chi connectivity index (χ0n) is 29.9. The predicted octanol–water partition coefficient (Wildman–Crippen LogP) is 12.7. The lowest BCUT2D eigenvalue weighted by atomic mass is 9.96. The summed E-state index contributed by atoms with van der Waals surface area (Å²) in [5.74, 6) is 1.76. The number of aromatic nitrogens is 5. The van der Waals surface area contributed by atoms with Gasteiger partial charge in [0.15, 0.2) is 17.5 Å². The number of nitrogens with zero attached hydrogens (tertiary/aromatic N) is 5. The third-order valence-electron chi connectivity index (χ3n) is 11.1. The van der Waals surface area contributed by atoms with Crippen molar-refractivity contribution >= 4 is 76.1 Å². The largest absolute Gasteiger partial charge is 0.456 e. The fourth-order valence-corrected chi connectivity index (χ4v) is 8.69. The minimum Gasteiger partial charge on any atom is -0.456 e. The van der Waals surface area contributed by atoms with Crippen LogP contribution in [-0.4, -0.2) is 24.5 Å². The highest BCUT2D eigenvalue weighted by Crippen LogP contribution is 2.41. The van der Waals surface area contributed by atoms with Gasteiger partial charge < -0.3 is 8.98 Å². The van der Waals surface area contributed by atoms with Gasteiger partial charge in [-0.15, -0.1) is 0 Å². The summed E-state index contributed by atoms with van der Waals surface area (Å²) in [5.41, 5.74) is 7.67. The minimum absolute atomic E-state index is 0.565. The van der Waals surface area contributed by atoms with Crippen LogP contribution in [0.15, 0.2) is 181 Å². The number of hydrogen-bond donors (Lipinski definition) is 0. The molecular formula is C50H29N5O. The zero-order chi connectivity index (χ0) is 36.7. The van der Waals surface area contributed by atoms with Crippen molar-refractivity contribution in [2.45, 2.75) is 0 Å². The Bertz CT molecular complexity index is 3510. The van der Waals surface area contributed by atoms with Crippen molar-refractivity contribution in [2.75, 3.05) is 0 Å². The van der Waals surface area contributed by atoms with E-state index in [9.17, 15) is 0 Å². The lowest BCUT2D eigenvalue weighted by molar-refractivity contribution is 0.668. The van der Waals surface area contributed by atoms with Crippen LogP contribution < -0.4 is 0 Å². The molecule has 0 amide bonds. The zero-order valence-corrected chi connectivity index (χ0v) is 29.9. The van der Waals surface area contributed by atoms with Crippen molar-refractivity contribution < 1.29 is 4.42 Å². The molecule has 12 aromatic rings. The average molecular weight is 716 g/mol. The standard InChI is InChI=1S/C50H29N5O/c1-2-13-31-30(12-1)28-40(33-15-4-3-14-32(31)33)50-53-48(52-49(54-50)39-20-11-23-46-47(39)41-29-51-27-26-45(41)56-46)38-24-25-44(35-17-6-5-16-34(35)38)55-42-21-9-7-18-36(42)37-19-8-10-22-43(37)55/h1-29H. The van der Waals surface area contributed by atoms with Crippen LogP contribution in [-0.2, 0) is 0 Å². The summed E-state index contributed by atoms with van der Waals surface area (Å²) in [7, 11) is 0. The predicted molar refractivity (Wildman–Crippen MR) is 228 cm³/mol. The molecule has 0 aliphatic carbocycles. The third-order valence-corrected chi connectivity index (χ3v) is 11.1. The van der Waals surface area contributed by atoms with E-state index < -0.39 is 0 Å². The SMILES string of the molecule is c1ccc2c(c1)cc(-c1nc(-c3ccc(-n4c5ccccc5c5ccccc54)c4ccccc34)nc(-c3cccc4oc5ccncc5c34)n1)c1ccccc12. The molecule has 260 valence electrons. The summed E-state index contributed by atoms with van der Waals surface area (Å²) >= 11 is 0. The van der Waals surface area contributed by atoms with E-state index in [2.05, 4.69) is 155 Å². The second-order valence-electron chi connectivity index (χ2n) is 14.2. The minimum atomic E-state index is 0.565. The molecule has 6 heteroatoms. The number of rotatable bonds is 4. The van der Waals surface area contributed by atoms with Crippen LogP contribution in [0.5, 0.6) is 0 Å². The van der Waals surface area contributed by atoms with Crippen LogP contribution in [0.25, 0.3) is 116 Å². The Hall–Kier alpha value is -7.70. The molecule has 4 heterocycles. The first-order chi connectivity index (χ1) is 27.8. The van der Waals surface area contributed by atoms with Crippen LogP contribution >= 0.6 is 0 Å². The van der Waals surface area contributed by atoms with Crippen LogP contribution in [0.1, 0.15) is 0 Å². The summed E-state index contributed by atoms with van der Waals surface area (Å²) in [4.78, 5) is 20.5. The summed E-state index contributed by atoms with van der Waals surface area (Å²) in [5, 5.41) is 11.0. The van der Waals surface area contributed by atoms with Gasteiger partial charge in [-0.3, -0.25) is 4.98 Å². The lowest BCUT2D eigenvalue weighted by Gasteiger charge is -2.16. The maximum Gasteiger partial charge on any atom is 0.164 e. The molecule has 0 N–H and O–H groups in total. The molecule has 56 heavy (non-hydrogen) atoms. The number of benzene rings is 8. The van der Waals surface area contributed by atoms with E-state index in [1.165, 1.54) is 16.2 Å². The Kier molecular flexibility index (Phi) is 6.53. The van der Waals surface area contributed by atoms with Crippen molar-refractivity contribution in [3.05, 3.63) is 176 Å². The second-order valence-corrected chi connectivity index (χ2v) is 14.2. The molecule has 0 aliphatic rings. The van der Waals surface area contributed by atoms with Gasteiger partial charge in [0.1, 0.15) is 11.2 Å². The quantitative estimate of drug-likeness (QED) is 0.170. The first kappa shape index (κ1) is 30.7. The average Bonchev–Trinajstić information content (AvgIpc) is 3.82. The van der Waals surface area contributed by atoms with Gasteiger partial charge in [0.05, 0.1) is 16.7 Å². The summed E-state index contributed by atoms with van der Waals surface area (Å²) in [6.45, 7) is 0.